The zero-order valence-electron chi connectivity index (χ0n) is 11.0. The van der Waals surface area contributed by atoms with Crippen LogP contribution >= 0.6 is 11.6 Å². The molecule has 1 N–H and O–H groups in total. The lowest BCUT2D eigenvalue weighted by Crippen LogP contribution is -2.26. The lowest BCUT2D eigenvalue weighted by molar-refractivity contribution is -0.0464. The Kier molecular flexibility index (Phi) is 5.17. The summed E-state index contributed by atoms with van der Waals surface area (Å²) in [7, 11) is 0. The van der Waals surface area contributed by atoms with Gasteiger partial charge >= 0.3 is 0 Å². The summed E-state index contributed by atoms with van der Waals surface area (Å²) in [5.41, 5.74) is 1.19. The number of nitrogens with one attached hydrogen (secondary N) is 1. The second-order valence-corrected chi connectivity index (χ2v) is 5.83. The summed E-state index contributed by atoms with van der Waals surface area (Å²) in [4.78, 5) is 0. The standard InChI is InChI=1S/C15H20ClF2N/c16-14-3-1-13(2-4-14)11-19-10-7-12-5-8-15(17,18)9-6-12/h1-4,12,19H,5-11H2. The summed E-state index contributed by atoms with van der Waals surface area (Å²) in [6.45, 7) is 1.69. The van der Waals surface area contributed by atoms with Crippen LogP contribution in [0, 0.1) is 5.92 Å². The molecule has 1 saturated carbocycles. The zero-order chi connectivity index (χ0) is 13.7. The lowest BCUT2D eigenvalue weighted by Gasteiger charge is -2.28. The minimum Gasteiger partial charge on any atom is -0.313 e. The van der Waals surface area contributed by atoms with E-state index in [1.165, 1.54) is 5.56 Å². The molecule has 0 atom stereocenters. The highest BCUT2D eigenvalue weighted by Crippen LogP contribution is 2.37. The Labute approximate surface area is 118 Å². The third-order valence-corrected chi connectivity index (χ3v) is 4.06. The maximum absolute atomic E-state index is 13.0. The third-order valence-electron chi connectivity index (χ3n) is 3.81. The summed E-state index contributed by atoms with van der Waals surface area (Å²) < 4.78 is 26.0. The molecule has 0 amide bonds. The van der Waals surface area contributed by atoms with Gasteiger partial charge in [0.25, 0.3) is 0 Å². The summed E-state index contributed by atoms with van der Waals surface area (Å²) in [6, 6.07) is 7.75. The van der Waals surface area contributed by atoms with Crippen LogP contribution < -0.4 is 5.32 Å². The number of rotatable bonds is 5. The molecule has 0 heterocycles. The van der Waals surface area contributed by atoms with E-state index >= 15 is 0 Å². The van der Waals surface area contributed by atoms with Crippen molar-refractivity contribution in [2.24, 2.45) is 5.92 Å². The highest BCUT2D eigenvalue weighted by atomic mass is 35.5. The number of hydrogen-bond donors (Lipinski definition) is 1. The fraction of sp³-hybridized carbons (Fsp3) is 0.600. The Morgan fingerprint density at radius 1 is 1.16 bits per heavy atom. The van der Waals surface area contributed by atoms with Crippen LogP contribution in [0.4, 0.5) is 8.78 Å². The monoisotopic (exact) mass is 287 g/mol. The van der Waals surface area contributed by atoms with Gasteiger partial charge in [0, 0.05) is 24.4 Å². The van der Waals surface area contributed by atoms with Crippen LogP contribution in [0.2, 0.25) is 5.02 Å². The summed E-state index contributed by atoms with van der Waals surface area (Å²) in [6.07, 6.45) is 2.44. The molecule has 1 aliphatic rings. The van der Waals surface area contributed by atoms with E-state index in [1.54, 1.807) is 0 Å². The fourth-order valence-electron chi connectivity index (χ4n) is 2.53. The van der Waals surface area contributed by atoms with Gasteiger partial charge in [0.1, 0.15) is 0 Å². The van der Waals surface area contributed by atoms with Gasteiger partial charge in [0.15, 0.2) is 0 Å². The van der Waals surface area contributed by atoms with Crippen molar-refractivity contribution in [1.82, 2.24) is 5.32 Å². The molecule has 106 valence electrons. The topological polar surface area (TPSA) is 12.0 Å². The molecule has 1 fully saturated rings. The lowest BCUT2D eigenvalue weighted by atomic mass is 9.85. The van der Waals surface area contributed by atoms with E-state index in [0.717, 1.165) is 24.5 Å². The maximum atomic E-state index is 13.0. The Hall–Kier alpha value is -0.670. The second-order valence-electron chi connectivity index (χ2n) is 5.39. The van der Waals surface area contributed by atoms with E-state index < -0.39 is 5.92 Å². The molecule has 0 aromatic heterocycles. The van der Waals surface area contributed by atoms with Crippen molar-refractivity contribution in [3.8, 4) is 0 Å². The summed E-state index contributed by atoms with van der Waals surface area (Å²) in [5.74, 6) is -1.95. The highest BCUT2D eigenvalue weighted by molar-refractivity contribution is 6.30. The molecular weight excluding hydrogens is 268 g/mol. The Morgan fingerprint density at radius 2 is 1.79 bits per heavy atom. The normalized spacial score (nSPS) is 19.5. The van der Waals surface area contributed by atoms with E-state index in [9.17, 15) is 8.78 Å². The predicted molar refractivity (Wildman–Crippen MR) is 74.7 cm³/mol. The molecule has 2 rings (SSSR count). The van der Waals surface area contributed by atoms with Gasteiger partial charge in [-0.25, -0.2) is 8.78 Å². The molecule has 19 heavy (non-hydrogen) atoms. The molecule has 0 aliphatic heterocycles. The molecule has 0 unspecified atom stereocenters. The SMILES string of the molecule is FC1(F)CCC(CCNCc2ccc(Cl)cc2)CC1. The Balaban J connectivity index is 1.61. The zero-order valence-corrected chi connectivity index (χ0v) is 11.7. The predicted octanol–water partition coefficient (Wildman–Crippen LogP) is 4.65. The number of alkyl halides is 2. The Bertz CT molecular complexity index is 382. The van der Waals surface area contributed by atoms with Crippen LogP contribution in [0.15, 0.2) is 24.3 Å². The van der Waals surface area contributed by atoms with E-state index in [4.69, 9.17) is 11.6 Å². The number of hydrogen-bond acceptors (Lipinski definition) is 1. The number of halogens is 3. The first kappa shape index (κ1) is 14.7. The van der Waals surface area contributed by atoms with Gasteiger partial charge in [-0.15, -0.1) is 0 Å². The van der Waals surface area contributed by atoms with Crippen LogP contribution in [0.5, 0.6) is 0 Å². The summed E-state index contributed by atoms with van der Waals surface area (Å²) in [5, 5.41) is 4.10. The molecule has 4 heteroatoms. The first-order valence-electron chi connectivity index (χ1n) is 6.88. The number of benzene rings is 1. The van der Waals surface area contributed by atoms with E-state index in [1.807, 2.05) is 24.3 Å². The minimum absolute atomic E-state index is 0.0643. The molecule has 1 aromatic rings. The molecular formula is C15H20ClF2N. The van der Waals surface area contributed by atoms with Gasteiger partial charge in [-0.3, -0.25) is 0 Å². The van der Waals surface area contributed by atoms with Crippen molar-refractivity contribution in [2.45, 2.75) is 44.6 Å². The van der Waals surface area contributed by atoms with E-state index in [2.05, 4.69) is 5.32 Å². The van der Waals surface area contributed by atoms with Crippen molar-refractivity contribution in [3.05, 3.63) is 34.9 Å². The molecule has 1 aromatic carbocycles. The van der Waals surface area contributed by atoms with Crippen molar-refractivity contribution in [2.75, 3.05) is 6.54 Å². The fourth-order valence-corrected chi connectivity index (χ4v) is 2.66. The van der Waals surface area contributed by atoms with Crippen LogP contribution in [-0.2, 0) is 6.54 Å². The van der Waals surface area contributed by atoms with Crippen molar-refractivity contribution < 1.29 is 8.78 Å². The van der Waals surface area contributed by atoms with E-state index in [-0.39, 0.29) is 12.8 Å². The maximum Gasteiger partial charge on any atom is 0.248 e. The largest absolute Gasteiger partial charge is 0.313 e. The molecule has 0 saturated heterocycles. The minimum atomic E-state index is -2.41. The average Bonchev–Trinajstić information content (AvgIpc) is 2.38. The van der Waals surface area contributed by atoms with Crippen LogP contribution in [0.1, 0.15) is 37.7 Å². The first-order chi connectivity index (χ1) is 9.05. The second kappa shape index (κ2) is 6.67. The molecule has 0 spiro atoms. The van der Waals surface area contributed by atoms with Crippen LogP contribution in [0.25, 0.3) is 0 Å². The Morgan fingerprint density at radius 3 is 2.42 bits per heavy atom. The van der Waals surface area contributed by atoms with Gasteiger partial charge in [0.05, 0.1) is 0 Å². The van der Waals surface area contributed by atoms with Gasteiger partial charge in [-0.1, -0.05) is 23.7 Å². The molecule has 1 aliphatic carbocycles. The summed E-state index contributed by atoms with van der Waals surface area (Å²) >= 11 is 5.82. The van der Waals surface area contributed by atoms with Crippen LogP contribution in [0.3, 0.4) is 0 Å². The van der Waals surface area contributed by atoms with Gasteiger partial charge in [0.2, 0.25) is 5.92 Å². The van der Waals surface area contributed by atoms with Crippen LogP contribution in [-0.4, -0.2) is 12.5 Å². The van der Waals surface area contributed by atoms with Gasteiger partial charge in [-0.05, 0) is 49.4 Å². The molecule has 1 nitrogen and oxygen atoms in total. The van der Waals surface area contributed by atoms with Gasteiger partial charge in [-0.2, -0.15) is 0 Å². The first-order valence-corrected chi connectivity index (χ1v) is 7.26. The molecule has 0 radical (unpaired) electrons. The molecule has 0 bridgehead atoms. The third kappa shape index (κ3) is 5.07. The van der Waals surface area contributed by atoms with Crippen molar-refractivity contribution >= 4 is 11.6 Å². The van der Waals surface area contributed by atoms with Crippen molar-refractivity contribution in [1.29, 1.82) is 0 Å². The van der Waals surface area contributed by atoms with Crippen molar-refractivity contribution in [3.63, 3.8) is 0 Å². The average molecular weight is 288 g/mol. The smallest absolute Gasteiger partial charge is 0.248 e. The van der Waals surface area contributed by atoms with E-state index in [0.29, 0.717) is 18.8 Å². The van der Waals surface area contributed by atoms with Gasteiger partial charge < -0.3 is 5.32 Å². The quantitative estimate of drug-likeness (QED) is 0.778. The highest BCUT2D eigenvalue weighted by Gasteiger charge is 2.34.